The Labute approximate surface area is 183 Å². The van der Waals surface area contributed by atoms with Crippen molar-refractivity contribution in [3.8, 4) is 0 Å². The van der Waals surface area contributed by atoms with E-state index >= 15 is 0 Å². The molecule has 0 saturated heterocycles. The van der Waals surface area contributed by atoms with Crippen molar-refractivity contribution in [2.45, 2.75) is 11.8 Å². The molecular weight excluding hydrogens is 434 g/mol. The largest absolute Gasteiger partial charge is 0.326 e. The Morgan fingerprint density at radius 2 is 1.71 bits per heavy atom. The third kappa shape index (κ3) is 4.68. The van der Waals surface area contributed by atoms with Crippen LogP contribution in [0, 0.1) is 0 Å². The second kappa shape index (κ2) is 8.37. The molecule has 3 aromatic rings. The van der Waals surface area contributed by atoms with E-state index in [4.69, 9.17) is 0 Å². The first-order chi connectivity index (χ1) is 14.8. The van der Waals surface area contributed by atoms with Gasteiger partial charge >= 0.3 is 0 Å². The van der Waals surface area contributed by atoms with Gasteiger partial charge in [0.25, 0.3) is 15.9 Å². The van der Waals surface area contributed by atoms with Crippen molar-refractivity contribution in [1.29, 1.82) is 0 Å². The van der Waals surface area contributed by atoms with Crippen LogP contribution in [0.5, 0.6) is 0 Å². The van der Waals surface area contributed by atoms with Crippen molar-refractivity contribution in [3.63, 3.8) is 0 Å². The van der Waals surface area contributed by atoms with E-state index in [1.165, 1.54) is 13.0 Å². The first-order valence-corrected chi connectivity index (χ1v) is 11.5. The zero-order chi connectivity index (χ0) is 22.0. The molecule has 0 atom stereocenters. The minimum absolute atomic E-state index is 0.000879. The number of aliphatic imine (C=N–C) groups is 1. The summed E-state index contributed by atoms with van der Waals surface area (Å²) in [5, 5.41) is 4.05. The van der Waals surface area contributed by atoms with Crippen molar-refractivity contribution in [3.05, 3.63) is 77.2 Å². The van der Waals surface area contributed by atoms with Crippen LogP contribution in [0.3, 0.4) is 0 Å². The molecule has 2 N–H and O–H groups in total. The summed E-state index contributed by atoms with van der Waals surface area (Å²) in [6.07, 6.45) is 1.62. The lowest BCUT2D eigenvalue weighted by molar-refractivity contribution is -0.114. The maximum atomic E-state index is 12.9. The zero-order valence-electron chi connectivity index (χ0n) is 16.3. The fourth-order valence-electron chi connectivity index (χ4n) is 3.07. The molecule has 0 unspecified atom stereocenters. The van der Waals surface area contributed by atoms with Crippen LogP contribution in [0.1, 0.15) is 12.5 Å². The first kappa shape index (κ1) is 20.8. The second-order valence-corrected chi connectivity index (χ2v) is 9.40. The molecule has 9 heteroatoms. The van der Waals surface area contributed by atoms with Crippen LogP contribution >= 0.6 is 11.8 Å². The Morgan fingerprint density at radius 3 is 2.45 bits per heavy atom. The first-order valence-electron chi connectivity index (χ1n) is 9.23. The summed E-state index contributed by atoms with van der Waals surface area (Å²) in [6, 6.07) is 19.1. The number of amidine groups is 1. The van der Waals surface area contributed by atoms with Gasteiger partial charge in [0, 0.05) is 18.0 Å². The highest BCUT2D eigenvalue weighted by atomic mass is 32.2. The van der Waals surface area contributed by atoms with Crippen LogP contribution < -0.4 is 10.0 Å². The third-order valence-electron chi connectivity index (χ3n) is 4.41. The number of benzene rings is 3. The number of sulfonamides is 1. The number of hydrogen-bond acceptors (Lipinski definition) is 5. The monoisotopic (exact) mass is 451 g/mol. The molecule has 31 heavy (non-hydrogen) atoms. The van der Waals surface area contributed by atoms with Crippen molar-refractivity contribution in [2.75, 3.05) is 5.32 Å². The number of anilines is 1. The van der Waals surface area contributed by atoms with E-state index in [1.807, 2.05) is 18.2 Å². The molecule has 3 aromatic carbocycles. The maximum Gasteiger partial charge on any atom is 0.286 e. The summed E-state index contributed by atoms with van der Waals surface area (Å²) in [5.74, 6) is -0.698. The topological polar surface area (TPSA) is 105 Å². The minimum atomic E-state index is -3.93. The minimum Gasteiger partial charge on any atom is -0.326 e. The van der Waals surface area contributed by atoms with Gasteiger partial charge in [0.05, 0.1) is 9.80 Å². The number of nitrogens with zero attached hydrogens (tertiary/aromatic N) is 1. The average Bonchev–Trinajstić information content (AvgIpc) is 3.06. The molecule has 0 bridgehead atoms. The summed E-state index contributed by atoms with van der Waals surface area (Å²) >= 11 is 0.957. The molecule has 0 radical (unpaired) electrons. The van der Waals surface area contributed by atoms with E-state index in [9.17, 15) is 18.0 Å². The maximum absolute atomic E-state index is 12.9. The zero-order valence-corrected chi connectivity index (χ0v) is 18.0. The SMILES string of the molecule is CC(=O)Nc1ccc(/C=C2\SC(NS(=O)(=O)c3cccc4ccccc34)=NC2=O)cc1. The summed E-state index contributed by atoms with van der Waals surface area (Å²) < 4.78 is 28.3. The summed E-state index contributed by atoms with van der Waals surface area (Å²) in [5.41, 5.74) is 1.36. The normalized spacial score (nSPS) is 15.2. The van der Waals surface area contributed by atoms with E-state index < -0.39 is 15.9 Å². The van der Waals surface area contributed by atoms with Gasteiger partial charge in [0.15, 0.2) is 5.17 Å². The fourth-order valence-corrected chi connectivity index (χ4v) is 5.35. The Hall–Kier alpha value is -3.43. The highest BCUT2D eigenvalue weighted by Crippen LogP contribution is 2.29. The molecule has 0 fully saturated rings. The Balaban J connectivity index is 1.53. The number of carbonyl (C=O) groups is 2. The standard InChI is InChI=1S/C22H17N3O4S2/c1-14(26)23-17-11-9-15(10-12-17)13-19-21(27)24-22(30-19)25-31(28,29)20-8-4-6-16-5-2-3-7-18(16)20/h2-13H,1H3,(H,23,26)(H,24,25,27)/b19-13-. The molecule has 0 saturated carbocycles. The molecule has 7 nitrogen and oxygen atoms in total. The number of rotatable bonds is 4. The molecular formula is C22H17N3O4S2. The number of nitrogens with one attached hydrogen (secondary N) is 2. The van der Waals surface area contributed by atoms with Crippen molar-refractivity contribution >= 4 is 61.3 Å². The van der Waals surface area contributed by atoms with Crippen molar-refractivity contribution in [1.82, 2.24) is 4.72 Å². The lowest BCUT2D eigenvalue weighted by Crippen LogP contribution is -2.27. The fraction of sp³-hybridized carbons (Fsp3) is 0.0455. The highest BCUT2D eigenvalue weighted by molar-refractivity contribution is 8.19. The smallest absolute Gasteiger partial charge is 0.286 e. The van der Waals surface area contributed by atoms with Crippen LogP contribution in [0.4, 0.5) is 5.69 Å². The molecule has 2 amide bonds. The second-order valence-electron chi connectivity index (χ2n) is 6.72. The van der Waals surface area contributed by atoms with Gasteiger partial charge in [0.2, 0.25) is 5.91 Å². The quantitative estimate of drug-likeness (QED) is 0.588. The molecule has 1 aliphatic heterocycles. The summed E-state index contributed by atoms with van der Waals surface area (Å²) in [7, 11) is -3.93. The molecule has 1 aliphatic rings. The van der Waals surface area contributed by atoms with Gasteiger partial charge in [-0.15, -0.1) is 0 Å². The molecule has 156 valence electrons. The average molecular weight is 452 g/mol. The Bertz CT molecular complexity index is 1360. The predicted octanol–water partition coefficient (Wildman–Crippen LogP) is 3.75. The van der Waals surface area contributed by atoms with E-state index in [-0.39, 0.29) is 16.0 Å². The van der Waals surface area contributed by atoms with Gasteiger partial charge in [-0.1, -0.05) is 48.5 Å². The van der Waals surface area contributed by atoms with Crippen molar-refractivity contribution < 1.29 is 18.0 Å². The van der Waals surface area contributed by atoms with E-state index in [1.54, 1.807) is 48.5 Å². The number of fused-ring (bicyclic) bond motifs is 1. The van der Waals surface area contributed by atoms with Crippen LogP contribution in [0.2, 0.25) is 0 Å². The molecule has 0 aromatic heterocycles. The van der Waals surface area contributed by atoms with Gasteiger partial charge in [-0.25, -0.2) is 8.42 Å². The van der Waals surface area contributed by atoms with Gasteiger partial charge < -0.3 is 5.32 Å². The van der Waals surface area contributed by atoms with Crippen LogP contribution in [-0.2, 0) is 19.6 Å². The van der Waals surface area contributed by atoms with Crippen LogP contribution in [0.25, 0.3) is 16.8 Å². The van der Waals surface area contributed by atoms with Gasteiger partial charge in [-0.2, -0.15) is 4.99 Å². The van der Waals surface area contributed by atoms with E-state index in [0.29, 0.717) is 16.0 Å². The molecule has 4 rings (SSSR count). The number of thioether (sulfide) groups is 1. The van der Waals surface area contributed by atoms with E-state index in [0.717, 1.165) is 22.7 Å². The van der Waals surface area contributed by atoms with E-state index in [2.05, 4.69) is 15.0 Å². The summed E-state index contributed by atoms with van der Waals surface area (Å²) in [6.45, 7) is 1.42. The highest BCUT2D eigenvalue weighted by Gasteiger charge is 2.27. The number of carbonyl (C=O) groups excluding carboxylic acids is 2. The van der Waals surface area contributed by atoms with Crippen LogP contribution in [0.15, 0.2) is 81.5 Å². The number of amides is 2. The van der Waals surface area contributed by atoms with Gasteiger partial charge in [0.1, 0.15) is 0 Å². The lowest BCUT2D eigenvalue weighted by atomic mass is 10.1. The predicted molar refractivity (Wildman–Crippen MR) is 123 cm³/mol. The van der Waals surface area contributed by atoms with Crippen molar-refractivity contribution in [2.24, 2.45) is 4.99 Å². The lowest BCUT2D eigenvalue weighted by Gasteiger charge is -2.09. The Kier molecular flexibility index (Phi) is 5.62. The molecule has 1 heterocycles. The third-order valence-corrected chi connectivity index (χ3v) is 6.84. The van der Waals surface area contributed by atoms with Crippen LogP contribution in [-0.4, -0.2) is 25.4 Å². The molecule has 0 spiro atoms. The van der Waals surface area contributed by atoms with Gasteiger partial charge in [-0.05, 0) is 47.0 Å². The Morgan fingerprint density at radius 1 is 1.00 bits per heavy atom. The number of hydrogen-bond donors (Lipinski definition) is 2. The molecule has 0 aliphatic carbocycles. The summed E-state index contributed by atoms with van der Waals surface area (Å²) in [4.78, 5) is 27.6. The van der Waals surface area contributed by atoms with Gasteiger partial charge in [-0.3, -0.25) is 14.3 Å².